The van der Waals surface area contributed by atoms with Crippen LogP contribution in [0.2, 0.25) is 0 Å². The largest absolute Gasteiger partial charge is 0.486 e. The number of fused-ring (bicyclic) bond motifs is 1. The van der Waals surface area contributed by atoms with Gasteiger partial charge in [0, 0.05) is 31.9 Å². The molecule has 6 nitrogen and oxygen atoms in total. The molecule has 1 atom stereocenters. The quantitative estimate of drug-likeness (QED) is 0.288. The fraction of sp³-hybridized carbons (Fsp3) is 0.258. The summed E-state index contributed by atoms with van der Waals surface area (Å²) in [6, 6.07) is 26.1. The summed E-state index contributed by atoms with van der Waals surface area (Å²) >= 11 is 1.42. The molecule has 0 saturated carbocycles. The van der Waals surface area contributed by atoms with Gasteiger partial charge >= 0.3 is 0 Å². The summed E-state index contributed by atoms with van der Waals surface area (Å²) in [4.78, 5) is 33.9. The molecular weight excluding hydrogens is 494 g/mol. The number of benzene rings is 3. The summed E-state index contributed by atoms with van der Waals surface area (Å²) in [7, 11) is 1.79. The van der Waals surface area contributed by atoms with E-state index < -0.39 is 0 Å². The normalized spacial score (nSPS) is 14.6. The first-order valence-electron chi connectivity index (χ1n) is 12.9. The van der Waals surface area contributed by atoms with Gasteiger partial charge in [-0.3, -0.25) is 9.59 Å². The highest BCUT2D eigenvalue weighted by Gasteiger charge is 2.31. The average Bonchev–Trinajstić information content (AvgIpc) is 3.44. The molecule has 0 spiro atoms. The molecule has 1 aliphatic heterocycles. The third kappa shape index (κ3) is 5.63. The van der Waals surface area contributed by atoms with Crippen LogP contribution in [0.5, 0.6) is 5.75 Å². The van der Waals surface area contributed by atoms with Crippen LogP contribution in [0.3, 0.4) is 0 Å². The maximum atomic E-state index is 12.9. The predicted molar refractivity (Wildman–Crippen MR) is 149 cm³/mol. The molecule has 7 heteroatoms. The van der Waals surface area contributed by atoms with Gasteiger partial charge in [-0.05, 0) is 40.8 Å². The van der Waals surface area contributed by atoms with Crippen molar-refractivity contribution in [2.45, 2.75) is 39.0 Å². The molecule has 0 N–H and O–H groups in total. The molecule has 4 aromatic rings. The molecule has 1 unspecified atom stereocenters. The van der Waals surface area contributed by atoms with Crippen molar-refractivity contribution in [1.82, 2.24) is 14.8 Å². The van der Waals surface area contributed by atoms with Crippen molar-refractivity contribution in [1.29, 1.82) is 0 Å². The minimum absolute atomic E-state index is 0.114. The highest BCUT2D eigenvalue weighted by atomic mass is 32.1. The van der Waals surface area contributed by atoms with Crippen LogP contribution in [-0.4, -0.2) is 40.2 Å². The van der Waals surface area contributed by atoms with Gasteiger partial charge in [-0.2, -0.15) is 0 Å². The number of ether oxygens (including phenoxy) is 1. The van der Waals surface area contributed by atoms with E-state index in [4.69, 9.17) is 4.74 Å². The molecule has 3 aromatic carbocycles. The van der Waals surface area contributed by atoms with E-state index in [1.54, 1.807) is 17.3 Å². The van der Waals surface area contributed by atoms with Crippen LogP contribution < -0.4 is 4.74 Å². The van der Waals surface area contributed by atoms with Crippen LogP contribution in [0.4, 0.5) is 0 Å². The number of nitrogens with zero attached hydrogens (tertiary/aromatic N) is 3. The standard InChI is InChI=1S/C31H31N3O3S/c1-3-29(35)34-17-16-23-14-15-25(18-26(23)30(34)24-12-8-5-9-13-24)37-20-28-32-27(21-38-28)31(36)33(2)19-22-10-6-4-7-11-22/h4-15,18,21,30H,3,16-17,19-20H2,1-2H3. The van der Waals surface area contributed by atoms with E-state index in [9.17, 15) is 9.59 Å². The van der Waals surface area contributed by atoms with Crippen molar-refractivity contribution in [3.05, 3.63) is 117 Å². The molecule has 5 rings (SSSR count). The third-order valence-electron chi connectivity index (χ3n) is 6.83. The molecule has 0 aliphatic carbocycles. The number of aromatic nitrogens is 1. The molecule has 0 radical (unpaired) electrons. The molecule has 1 aliphatic rings. The Morgan fingerprint density at radius 3 is 2.53 bits per heavy atom. The molecule has 0 saturated heterocycles. The lowest BCUT2D eigenvalue weighted by Gasteiger charge is -2.38. The van der Waals surface area contributed by atoms with Crippen LogP contribution in [0.15, 0.2) is 84.2 Å². The Hall–Kier alpha value is -3.97. The van der Waals surface area contributed by atoms with Crippen LogP contribution in [0.1, 0.15) is 57.1 Å². The second-order valence-electron chi connectivity index (χ2n) is 9.43. The fourth-order valence-corrected chi connectivity index (χ4v) is 5.57. The highest BCUT2D eigenvalue weighted by Crippen LogP contribution is 2.37. The zero-order chi connectivity index (χ0) is 26.5. The van der Waals surface area contributed by atoms with Crippen molar-refractivity contribution in [2.24, 2.45) is 0 Å². The Balaban J connectivity index is 1.30. The van der Waals surface area contributed by atoms with E-state index in [-0.39, 0.29) is 24.5 Å². The molecule has 0 fully saturated rings. The Kier molecular flexibility index (Phi) is 7.84. The number of hydrogen-bond donors (Lipinski definition) is 0. The van der Waals surface area contributed by atoms with Crippen LogP contribution in [0, 0.1) is 0 Å². The lowest BCUT2D eigenvalue weighted by Crippen LogP contribution is -2.40. The van der Waals surface area contributed by atoms with Gasteiger partial charge in [0.1, 0.15) is 23.1 Å². The van der Waals surface area contributed by atoms with Crippen molar-refractivity contribution in [3.8, 4) is 5.75 Å². The predicted octanol–water partition coefficient (Wildman–Crippen LogP) is 5.88. The van der Waals surface area contributed by atoms with E-state index >= 15 is 0 Å². The monoisotopic (exact) mass is 525 g/mol. The van der Waals surface area contributed by atoms with E-state index in [1.807, 2.05) is 66.4 Å². The Bertz CT molecular complexity index is 1400. The van der Waals surface area contributed by atoms with Gasteiger partial charge < -0.3 is 14.5 Å². The van der Waals surface area contributed by atoms with Gasteiger partial charge in [-0.1, -0.05) is 73.7 Å². The average molecular weight is 526 g/mol. The lowest BCUT2D eigenvalue weighted by molar-refractivity contribution is -0.132. The second kappa shape index (κ2) is 11.6. The first kappa shape index (κ1) is 25.7. The maximum absolute atomic E-state index is 12.9. The number of amides is 2. The van der Waals surface area contributed by atoms with Gasteiger partial charge in [0.05, 0.1) is 6.04 Å². The van der Waals surface area contributed by atoms with Crippen molar-refractivity contribution >= 4 is 23.2 Å². The van der Waals surface area contributed by atoms with E-state index in [0.717, 1.165) is 33.9 Å². The van der Waals surface area contributed by atoms with Crippen LogP contribution in [-0.2, 0) is 24.4 Å². The summed E-state index contributed by atoms with van der Waals surface area (Å²) in [6.45, 7) is 3.41. The molecule has 1 aromatic heterocycles. The molecule has 194 valence electrons. The van der Waals surface area contributed by atoms with Crippen LogP contribution >= 0.6 is 11.3 Å². The summed E-state index contributed by atoms with van der Waals surface area (Å²) in [5, 5.41) is 2.52. The van der Waals surface area contributed by atoms with E-state index in [0.29, 0.717) is 25.2 Å². The number of thiazole rings is 1. The second-order valence-corrected chi connectivity index (χ2v) is 10.4. The first-order valence-corrected chi connectivity index (χ1v) is 13.7. The maximum Gasteiger partial charge on any atom is 0.273 e. The molecule has 2 amide bonds. The summed E-state index contributed by atoms with van der Waals surface area (Å²) in [6.07, 6.45) is 1.29. The summed E-state index contributed by atoms with van der Waals surface area (Å²) in [5.41, 5.74) is 4.92. The summed E-state index contributed by atoms with van der Waals surface area (Å²) in [5.74, 6) is 0.754. The van der Waals surface area contributed by atoms with Gasteiger partial charge in [0.2, 0.25) is 5.91 Å². The van der Waals surface area contributed by atoms with Gasteiger partial charge in [0.25, 0.3) is 5.91 Å². The number of rotatable bonds is 8. The van der Waals surface area contributed by atoms with Crippen molar-refractivity contribution < 1.29 is 14.3 Å². The van der Waals surface area contributed by atoms with Gasteiger partial charge in [-0.25, -0.2) is 4.98 Å². The SMILES string of the molecule is CCC(=O)N1CCc2ccc(OCc3nc(C(=O)N(C)Cc4ccccc4)cs3)cc2C1c1ccccc1. The fourth-order valence-electron chi connectivity index (χ4n) is 4.89. The third-order valence-corrected chi connectivity index (χ3v) is 7.65. The minimum Gasteiger partial charge on any atom is -0.486 e. The Morgan fingerprint density at radius 1 is 1.05 bits per heavy atom. The topological polar surface area (TPSA) is 62.7 Å². The zero-order valence-corrected chi connectivity index (χ0v) is 22.5. The molecule has 0 bridgehead atoms. The minimum atomic E-state index is -0.139. The summed E-state index contributed by atoms with van der Waals surface area (Å²) < 4.78 is 6.13. The Labute approximate surface area is 227 Å². The van der Waals surface area contributed by atoms with Crippen LogP contribution in [0.25, 0.3) is 0 Å². The molecule has 38 heavy (non-hydrogen) atoms. The van der Waals surface area contributed by atoms with Crippen molar-refractivity contribution in [3.63, 3.8) is 0 Å². The first-order chi connectivity index (χ1) is 18.5. The highest BCUT2D eigenvalue weighted by molar-refractivity contribution is 7.09. The molecule has 2 heterocycles. The number of carbonyl (C=O) groups excluding carboxylic acids is 2. The number of carbonyl (C=O) groups is 2. The molecular formula is C31H31N3O3S. The lowest BCUT2D eigenvalue weighted by atomic mass is 9.87. The van der Waals surface area contributed by atoms with E-state index in [2.05, 4.69) is 29.2 Å². The van der Waals surface area contributed by atoms with Gasteiger partial charge in [-0.15, -0.1) is 11.3 Å². The van der Waals surface area contributed by atoms with Crippen molar-refractivity contribution in [2.75, 3.05) is 13.6 Å². The van der Waals surface area contributed by atoms with Gasteiger partial charge in [0.15, 0.2) is 0 Å². The van der Waals surface area contributed by atoms with E-state index in [1.165, 1.54) is 16.9 Å². The number of hydrogen-bond acceptors (Lipinski definition) is 5. The zero-order valence-electron chi connectivity index (χ0n) is 21.7. The smallest absolute Gasteiger partial charge is 0.273 e. The Morgan fingerprint density at radius 2 is 1.79 bits per heavy atom.